The fourth-order valence-corrected chi connectivity index (χ4v) is 7.80. The minimum atomic E-state index is -0.434. The Balaban J connectivity index is 1.60. The second-order valence-corrected chi connectivity index (χ2v) is 10.4. The SMILES string of the molecule is C[C@@]1(O)CC[C@@]2(C)C(CC[C@@H]3C2CC[C@]2(C)[C@@H](/C=N/O)CC[C@@H]32)C1. The van der Waals surface area contributed by atoms with E-state index in [1.165, 1.54) is 44.9 Å². The van der Waals surface area contributed by atoms with E-state index in [4.69, 9.17) is 5.21 Å². The van der Waals surface area contributed by atoms with Gasteiger partial charge in [0.1, 0.15) is 0 Å². The number of fused-ring (bicyclic) bond motifs is 5. The lowest BCUT2D eigenvalue weighted by Gasteiger charge is -2.61. The molecular formula is C21H35NO2. The van der Waals surface area contributed by atoms with E-state index in [9.17, 15) is 5.11 Å². The van der Waals surface area contributed by atoms with Crippen molar-refractivity contribution in [3.05, 3.63) is 0 Å². The molecule has 0 aromatic heterocycles. The zero-order valence-corrected chi connectivity index (χ0v) is 15.7. The molecule has 0 bridgehead atoms. The summed E-state index contributed by atoms with van der Waals surface area (Å²) in [6.45, 7) is 7.06. The van der Waals surface area contributed by atoms with Gasteiger partial charge in [0.15, 0.2) is 0 Å². The quantitative estimate of drug-likeness (QED) is 0.409. The normalized spacial score (nSPS) is 57.4. The van der Waals surface area contributed by atoms with Gasteiger partial charge < -0.3 is 10.3 Å². The summed E-state index contributed by atoms with van der Waals surface area (Å²) in [6.07, 6.45) is 12.8. The first-order valence-electron chi connectivity index (χ1n) is 10.2. The molecule has 3 nitrogen and oxygen atoms in total. The van der Waals surface area contributed by atoms with E-state index >= 15 is 0 Å². The summed E-state index contributed by atoms with van der Waals surface area (Å²) in [7, 11) is 0. The van der Waals surface area contributed by atoms with Gasteiger partial charge >= 0.3 is 0 Å². The van der Waals surface area contributed by atoms with Gasteiger partial charge in [-0.15, -0.1) is 5.16 Å². The molecule has 0 amide bonds. The second-order valence-electron chi connectivity index (χ2n) is 10.4. The molecule has 0 radical (unpaired) electrons. The maximum atomic E-state index is 10.6. The van der Waals surface area contributed by atoms with Crippen LogP contribution in [-0.2, 0) is 0 Å². The van der Waals surface area contributed by atoms with Crippen molar-refractivity contribution >= 4 is 6.21 Å². The molecule has 4 saturated carbocycles. The van der Waals surface area contributed by atoms with Crippen LogP contribution >= 0.6 is 0 Å². The molecule has 0 heterocycles. The second kappa shape index (κ2) is 5.46. The monoisotopic (exact) mass is 333 g/mol. The molecule has 8 atom stereocenters. The highest BCUT2D eigenvalue weighted by atomic mass is 16.4. The van der Waals surface area contributed by atoms with E-state index in [1.807, 2.05) is 13.1 Å². The maximum Gasteiger partial charge on any atom is 0.0622 e. The molecule has 4 aliphatic carbocycles. The minimum absolute atomic E-state index is 0.344. The molecule has 0 aliphatic heterocycles. The third kappa shape index (κ3) is 2.29. The fourth-order valence-electron chi connectivity index (χ4n) is 7.80. The number of nitrogens with zero attached hydrogens (tertiary/aromatic N) is 1. The first-order chi connectivity index (χ1) is 11.3. The Morgan fingerprint density at radius 1 is 0.875 bits per heavy atom. The average Bonchev–Trinajstić information content (AvgIpc) is 2.85. The highest BCUT2D eigenvalue weighted by Crippen LogP contribution is 2.67. The minimum Gasteiger partial charge on any atom is -0.411 e. The number of hydrogen-bond donors (Lipinski definition) is 2. The number of aliphatic hydroxyl groups is 1. The molecule has 0 aromatic carbocycles. The van der Waals surface area contributed by atoms with E-state index in [0.717, 1.165) is 30.6 Å². The Morgan fingerprint density at radius 3 is 2.38 bits per heavy atom. The summed E-state index contributed by atoms with van der Waals surface area (Å²) < 4.78 is 0. The van der Waals surface area contributed by atoms with Gasteiger partial charge in [-0.25, -0.2) is 0 Å². The van der Waals surface area contributed by atoms with Crippen molar-refractivity contribution < 1.29 is 10.3 Å². The molecule has 3 heteroatoms. The van der Waals surface area contributed by atoms with Crippen LogP contribution in [0.4, 0.5) is 0 Å². The molecule has 4 aliphatic rings. The van der Waals surface area contributed by atoms with Crippen LogP contribution in [0.5, 0.6) is 0 Å². The largest absolute Gasteiger partial charge is 0.411 e. The van der Waals surface area contributed by atoms with Crippen molar-refractivity contribution in [1.82, 2.24) is 0 Å². The molecule has 0 aromatic rings. The molecule has 4 rings (SSSR count). The van der Waals surface area contributed by atoms with Gasteiger partial charge in [-0.3, -0.25) is 0 Å². The van der Waals surface area contributed by atoms with Crippen molar-refractivity contribution in [3.63, 3.8) is 0 Å². The lowest BCUT2D eigenvalue weighted by Crippen LogP contribution is -2.55. The molecule has 4 fully saturated rings. The first-order valence-corrected chi connectivity index (χ1v) is 10.2. The summed E-state index contributed by atoms with van der Waals surface area (Å²) in [6, 6.07) is 0. The van der Waals surface area contributed by atoms with Crippen molar-refractivity contribution in [1.29, 1.82) is 0 Å². The Hall–Kier alpha value is -0.570. The Kier molecular flexibility index (Phi) is 3.84. The van der Waals surface area contributed by atoms with Gasteiger partial charge in [-0.1, -0.05) is 13.8 Å². The average molecular weight is 334 g/mol. The van der Waals surface area contributed by atoms with Gasteiger partial charge in [-0.2, -0.15) is 0 Å². The lowest BCUT2D eigenvalue weighted by molar-refractivity contribution is -0.143. The summed E-state index contributed by atoms with van der Waals surface area (Å²) in [4.78, 5) is 0. The summed E-state index contributed by atoms with van der Waals surface area (Å²) in [5, 5.41) is 23.0. The summed E-state index contributed by atoms with van der Waals surface area (Å²) >= 11 is 0. The van der Waals surface area contributed by atoms with Crippen LogP contribution in [0.2, 0.25) is 0 Å². The number of oxime groups is 1. The Labute approximate surface area is 146 Å². The van der Waals surface area contributed by atoms with Gasteiger partial charge in [0.05, 0.1) is 5.60 Å². The molecule has 0 spiro atoms. The Morgan fingerprint density at radius 2 is 1.62 bits per heavy atom. The van der Waals surface area contributed by atoms with Crippen LogP contribution in [0.25, 0.3) is 0 Å². The third-order valence-electron chi connectivity index (χ3n) is 9.27. The molecule has 24 heavy (non-hydrogen) atoms. The lowest BCUT2D eigenvalue weighted by atomic mass is 9.44. The highest BCUT2D eigenvalue weighted by molar-refractivity contribution is 5.62. The van der Waals surface area contributed by atoms with Gasteiger partial charge in [0.25, 0.3) is 0 Å². The van der Waals surface area contributed by atoms with Crippen LogP contribution in [0.15, 0.2) is 5.16 Å². The molecule has 2 unspecified atom stereocenters. The van der Waals surface area contributed by atoms with Crippen molar-refractivity contribution in [3.8, 4) is 0 Å². The van der Waals surface area contributed by atoms with Crippen LogP contribution < -0.4 is 0 Å². The van der Waals surface area contributed by atoms with Gasteiger partial charge in [0, 0.05) is 12.1 Å². The topological polar surface area (TPSA) is 52.8 Å². The van der Waals surface area contributed by atoms with Crippen LogP contribution in [0.1, 0.15) is 78.6 Å². The van der Waals surface area contributed by atoms with E-state index in [-0.39, 0.29) is 0 Å². The van der Waals surface area contributed by atoms with Crippen LogP contribution in [0, 0.1) is 40.4 Å². The standard InChI is InChI=1S/C21H35NO2/c1-19(23)10-11-21(3)14(12-19)4-6-16-17-7-5-15(13-22-24)20(17,2)9-8-18(16)21/h13-18,23-24H,4-12H2,1-3H3/b22-13+/t14?,15-,16+,17+,18?,19-,20-,21+/m1/s1. The first kappa shape index (κ1) is 16.9. The number of hydrogen-bond acceptors (Lipinski definition) is 3. The highest BCUT2D eigenvalue weighted by Gasteiger charge is 2.60. The molecular weight excluding hydrogens is 298 g/mol. The van der Waals surface area contributed by atoms with Crippen molar-refractivity contribution in [2.24, 2.45) is 45.6 Å². The molecule has 2 N–H and O–H groups in total. The molecule has 136 valence electrons. The van der Waals surface area contributed by atoms with Gasteiger partial charge in [-0.05, 0) is 99.2 Å². The zero-order chi connectivity index (χ0) is 17.2. The zero-order valence-electron chi connectivity index (χ0n) is 15.7. The summed E-state index contributed by atoms with van der Waals surface area (Å²) in [5.74, 6) is 3.67. The molecule has 0 saturated heterocycles. The van der Waals surface area contributed by atoms with E-state index in [0.29, 0.717) is 22.7 Å². The fraction of sp³-hybridized carbons (Fsp3) is 0.952. The Bertz CT molecular complexity index is 530. The number of rotatable bonds is 1. The van der Waals surface area contributed by atoms with Crippen LogP contribution in [-0.4, -0.2) is 22.1 Å². The van der Waals surface area contributed by atoms with E-state index < -0.39 is 5.60 Å². The smallest absolute Gasteiger partial charge is 0.0622 e. The van der Waals surface area contributed by atoms with Crippen LogP contribution in [0.3, 0.4) is 0 Å². The predicted octanol–water partition coefficient (Wildman–Crippen LogP) is 4.86. The predicted molar refractivity (Wildman–Crippen MR) is 96.1 cm³/mol. The van der Waals surface area contributed by atoms with Gasteiger partial charge in [0.2, 0.25) is 0 Å². The van der Waals surface area contributed by atoms with E-state index in [2.05, 4.69) is 19.0 Å². The van der Waals surface area contributed by atoms with Crippen molar-refractivity contribution in [2.45, 2.75) is 84.2 Å². The van der Waals surface area contributed by atoms with Crippen molar-refractivity contribution in [2.75, 3.05) is 0 Å². The summed E-state index contributed by atoms with van der Waals surface area (Å²) in [5.41, 5.74) is 0.350. The van der Waals surface area contributed by atoms with E-state index in [1.54, 1.807) is 0 Å². The third-order valence-corrected chi connectivity index (χ3v) is 9.27. The maximum absolute atomic E-state index is 10.6.